The van der Waals surface area contributed by atoms with Crippen molar-refractivity contribution in [2.45, 2.75) is 52.0 Å². The topological polar surface area (TPSA) is 24.9 Å². The van der Waals surface area contributed by atoms with E-state index < -0.39 is 0 Å². The number of hydrogen-bond acceptors (Lipinski definition) is 4. The SMILES string of the molecule is CCNC(Cc1ccsc1)Cc1nc(C(C)(C)C)cs1. The Hall–Kier alpha value is -0.710. The highest BCUT2D eigenvalue weighted by Crippen LogP contribution is 2.24. The number of thiazole rings is 1. The fourth-order valence-corrected chi connectivity index (χ4v) is 3.94. The van der Waals surface area contributed by atoms with Gasteiger partial charge < -0.3 is 5.32 Å². The first-order valence-corrected chi connectivity index (χ1v) is 9.00. The molecule has 2 aromatic heterocycles. The Bertz CT molecular complexity index is 509. The van der Waals surface area contributed by atoms with Crippen LogP contribution in [0.2, 0.25) is 0 Å². The molecule has 0 radical (unpaired) electrons. The molecule has 2 heterocycles. The monoisotopic (exact) mass is 308 g/mol. The minimum Gasteiger partial charge on any atom is -0.314 e. The lowest BCUT2D eigenvalue weighted by molar-refractivity contribution is 0.516. The number of aromatic nitrogens is 1. The molecule has 0 aliphatic heterocycles. The quantitative estimate of drug-likeness (QED) is 0.862. The van der Waals surface area contributed by atoms with Crippen molar-refractivity contribution in [2.75, 3.05) is 6.54 Å². The molecule has 20 heavy (non-hydrogen) atoms. The standard InChI is InChI=1S/C16H24N2S2/c1-5-17-13(8-12-6-7-19-10-12)9-15-18-14(11-20-15)16(2,3)4/h6-7,10-11,13,17H,5,8-9H2,1-4H3. The average Bonchev–Trinajstić information content (AvgIpc) is 2.99. The van der Waals surface area contributed by atoms with Gasteiger partial charge in [-0.2, -0.15) is 11.3 Å². The van der Waals surface area contributed by atoms with Gasteiger partial charge in [-0.25, -0.2) is 4.98 Å². The second kappa shape index (κ2) is 6.83. The van der Waals surface area contributed by atoms with Gasteiger partial charge in [0.05, 0.1) is 10.7 Å². The van der Waals surface area contributed by atoms with Crippen LogP contribution in [0.1, 0.15) is 44.0 Å². The zero-order chi connectivity index (χ0) is 14.6. The van der Waals surface area contributed by atoms with Gasteiger partial charge in [-0.1, -0.05) is 27.7 Å². The lowest BCUT2D eigenvalue weighted by atomic mass is 9.93. The Kier molecular flexibility index (Phi) is 5.35. The fourth-order valence-electron chi connectivity index (χ4n) is 2.16. The van der Waals surface area contributed by atoms with Gasteiger partial charge in [-0.15, -0.1) is 11.3 Å². The number of hydrogen-bond donors (Lipinski definition) is 1. The highest BCUT2D eigenvalue weighted by Gasteiger charge is 2.19. The first-order chi connectivity index (χ1) is 9.49. The molecule has 0 aromatic carbocycles. The highest BCUT2D eigenvalue weighted by atomic mass is 32.1. The van der Waals surface area contributed by atoms with E-state index in [0.717, 1.165) is 19.4 Å². The van der Waals surface area contributed by atoms with Crippen molar-refractivity contribution in [1.29, 1.82) is 0 Å². The van der Waals surface area contributed by atoms with E-state index in [2.05, 4.69) is 55.2 Å². The zero-order valence-electron chi connectivity index (χ0n) is 12.8. The predicted octanol–water partition coefficient (Wildman–Crippen LogP) is 4.27. The van der Waals surface area contributed by atoms with Crippen LogP contribution in [0.5, 0.6) is 0 Å². The van der Waals surface area contributed by atoms with Crippen LogP contribution in [0.25, 0.3) is 0 Å². The molecular formula is C16H24N2S2. The Morgan fingerprint density at radius 3 is 2.60 bits per heavy atom. The number of nitrogens with zero attached hydrogens (tertiary/aromatic N) is 1. The highest BCUT2D eigenvalue weighted by molar-refractivity contribution is 7.09. The molecule has 110 valence electrons. The molecule has 0 spiro atoms. The molecule has 0 fully saturated rings. The van der Waals surface area contributed by atoms with E-state index in [9.17, 15) is 0 Å². The Balaban J connectivity index is 2.02. The van der Waals surface area contributed by atoms with E-state index in [-0.39, 0.29) is 5.41 Å². The summed E-state index contributed by atoms with van der Waals surface area (Å²) in [4.78, 5) is 4.81. The molecule has 1 atom stereocenters. The van der Waals surface area contributed by atoms with Crippen LogP contribution in [0, 0.1) is 0 Å². The van der Waals surface area contributed by atoms with E-state index in [1.54, 1.807) is 22.7 Å². The fraction of sp³-hybridized carbons (Fsp3) is 0.562. The third kappa shape index (κ3) is 4.40. The summed E-state index contributed by atoms with van der Waals surface area (Å²) in [5.41, 5.74) is 2.78. The van der Waals surface area contributed by atoms with Crippen molar-refractivity contribution in [3.05, 3.63) is 38.5 Å². The van der Waals surface area contributed by atoms with Gasteiger partial charge in [0.25, 0.3) is 0 Å². The third-order valence-electron chi connectivity index (χ3n) is 3.30. The van der Waals surface area contributed by atoms with Crippen molar-refractivity contribution < 1.29 is 0 Å². The smallest absolute Gasteiger partial charge is 0.0944 e. The molecule has 0 saturated heterocycles. The van der Waals surface area contributed by atoms with E-state index in [0.29, 0.717) is 6.04 Å². The minimum atomic E-state index is 0.149. The second-order valence-electron chi connectivity index (χ2n) is 6.17. The average molecular weight is 309 g/mol. The number of rotatable bonds is 6. The van der Waals surface area contributed by atoms with Crippen molar-refractivity contribution in [2.24, 2.45) is 0 Å². The summed E-state index contributed by atoms with van der Waals surface area (Å²) in [5.74, 6) is 0. The first kappa shape index (κ1) is 15.7. The maximum absolute atomic E-state index is 4.81. The molecular weight excluding hydrogens is 284 g/mol. The van der Waals surface area contributed by atoms with E-state index in [1.807, 2.05) is 0 Å². The lowest BCUT2D eigenvalue weighted by Gasteiger charge is -2.17. The maximum atomic E-state index is 4.81. The Labute approximate surface area is 130 Å². The summed E-state index contributed by atoms with van der Waals surface area (Å²) in [7, 11) is 0. The summed E-state index contributed by atoms with van der Waals surface area (Å²) in [5, 5.41) is 11.4. The third-order valence-corrected chi connectivity index (χ3v) is 4.90. The normalized spacial score (nSPS) is 13.6. The molecule has 0 amide bonds. The Morgan fingerprint density at radius 1 is 1.25 bits per heavy atom. The molecule has 0 bridgehead atoms. The van der Waals surface area contributed by atoms with Crippen molar-refractivity contribution >= 4 is 22.7 Å². The van der Waals surface area contributed by atoms with Gasteiger partial charge in [-0.05, 0) is 35.4 Å². The van der Waals surface area contributed by atoms with Gasteiger partial charge >= 0.3 is 0 Å². The van der Waals surface area contributed by atoms with E-state index >= 15 is 0 Å². The Morgan fingerprint density at radius 2 is 2.05 bits per heavy atom. The zero-order valence-corrected chi connectivity index (χ0v) is 14.4. The number of likely N-dealkylation sites (N-methyl/N-ethyl adjacent to an activating group) is 1. The maximum Gasteiger partial charge on any atom is 0.0944 e. The summed E-state index contributed by atoms with van der Waals surface area (Å²) in [6.45, 7) is 9.84. The summed E-state index contributed by atoms with van der Waals surface area (Å²) in [6, 6.07) is 2.70. The van der Waals surface area contributed by atoms with Gasteiger partial charge in [0.15, 0.2) is 0 Å². The van der Waals surface area contributed by atoms with E-state index in [1.165, 1.54) is 16.3 Å². The molecule has 1 N–H and O–H groups in total. The van der Waals surface area contributed by atoms with Gasteiger partial charge in [0.1, 0.15) is 0 Å². The van der Waals surface area contributed by atoms with Crippen LogP contribution >= 0.6 is 22.7 Å². The number of thiophene rings is 1. The molecule has 1 unspecified atom stereocenters. The lowest BCUT2D eigenvalue weighted by Crippen LogP contribution is -2.33. The summed E-state index contributed by atoms with van der Waals surface area (Å²) in [6.07, 6.45) is 2.10. The molecule has 0 aliphatic carbocycles. The largest absolute Gasteiger partial charge is 0.314 e. The summed E-state index contributed by atoms with van der Waals surface area (Å²) < 4.78 is 0. The van der Waals surface area contributed by atoms with Crippen molar-refractivity contribution in [3.8, 4) is 0 Å². The second-order valence-corrected chi connectivity index (χ2v) is 7.89. The molecule has 2 aromatic rings. The van der Waals surface area contributed by atoms with E-state index in [4.69, 9.17) is 4.98 Å². The molecule has 0 saturated carbocycles. The predicted molar refractivity (Wildman–Crippen MR) is 90.0 cm³/mol. The van der Waals surface area contributed by atoms with Crippen LogP contribution in [0.4, 0.5) is 0 Å². The molecule has 2 rings (SSSR count). The minimum absolute atomic E-state index is 0.149. The van der Waals surface area contributed by atoms with Gasteiger partial charge in [0, 0.05) is 23.3 Å². The first-order valence-electron chi connectivity index (χ1n) is 7.18. The van der Waals surface area contributed by atoms with Gasteiger partial charge in [-0.3, -0.25) is 0 Å². The molecule has 2 nitrogen and oxygen atoms in total. The van der Waals surface area contributed by atoms with Crippen molar-refractivity contribution in [3.63, 3.8) is 0 Å². The van der Waals surface area contributed by atoms with Crippen LogP contribution < -0.4 is 5.32 Å². The van der Waals surface area contributed by atoms with Crippen LogP contribution in [0.3, 0.4) is 0 Å². The molecule has 4 heteroatoms. The van der Waals surface area contributed by atoms with Gasteiger partial charge in [0.2, 0.25) is 0 Å². The van der Waals surface area contributed by atoms with Crippen LogP contribution in [-0.4, -0.2) is 17.6 Å². The van der Waals surface area contributed by atoms with Crippen LogP contribution in [-0.2, 0) is 18.3 Å². The number of nitrogens with one attached hydrogen (secondary N) is 1. The van der Waals surface area contributed by atoms with Crippen molar-refractivity contribution in [1.82, 2.24) is 10.3 Å². The van der Waals surface area contributed by atoms with Crippen LogP contribution in [0.15, 0.2) is 22.2 Å². The molecule has 0 aliphatic rings. The summed E-state index contributed by atoms with van der Waals surface area (Å²) >= 11 is 3.57.